The van der Waals surface area contributed by atoms with Gasteiger partial charge in [-0.25, -0.2) is 4.98 Å². The van der Waals surface area contributed by atoms with Crippen molar-refractivity contribution in [3.8, 4) is 17.2 Å². The second kappa shape index (κ2) is 6.96. The summed E-state index contributed by atoms with van der Waals surface area (Å²) in [6.07, 6.45) is 1.70. The molecule has 0 atom stereocenters. The van der Waals surface area contributed by atoms with E-state index in [9.17, 15) is 0 Å². The molecule has 0 N–H and O–H groups in total. The molecule has 0 aliphatic heterocycles. The Morgan fingerprint density at radius 3 is 2.14 bits per heavy atom. The van der Waals surface area contributed by atoms with Gasteiger partial charge >= 0.3 is 0 Å². The van der Waals surface area contributed by atoms with Crippen molar-refractivity contribution in [2.24, 2.45) is 0 Å². The average molecular weight is 312 g/mol. The molecule has 0 spiro atoms. The van der Waals surface area contributed by atoms with Gasteiger partial charge in [0.1, 0.15) is 29.0 Å². The Labute approximate surface area is 134 Å². The summed E-state index contributed by atoms with van der Waals surface area (Å²) in [5.74, 6) is 2.35. The molecule has 1 aromatic heterocycles. The second-order valence-electron chi connectivity index (χ2n) is 4.66. The first kappa shape index (κ1) is 14.4. The van der Waals surface area contributed by atoms with Crippen molar-refractivity contribution in [3.63, 3.8) is 0 Å². The van der Waals surface area contributed by atoms with Crippen molar-refractivity contribution in [2.45, 2.75) is 6.61 Å². The number of benzene rings is 2. The van der Waals surface area contributed by atoms with Crippen molar-refractivity contribution >= 4 is 11.6 Å². The standard InChI is InChI=1S/C18H14ClNO2/c19-18-11-6-14(12-20-18)13-21-15-7-9-17(10-8-15)22-16-4-2-1-3-5-16/h1-12H,13H2. The summed E-state index contributed by atoms with van der Waals surface area (Å²) in [6.45, 7) is 0.447. The molecular formula is C18H14ClNO2. The van der Waals surface area contributed by atoms with Gasteiger partial charge in [-0.05, 0) is 42.5 Å². The van der Waals surface area contributed by atoms with E-state index in [0.717, 1.165) is 22.8 Å². The maximum Gasteiger partial charge on any atom is 0.129 e. The summed E-state index contributed by atoms with van der Waals surface area (Å²) < 4.78 is 11.4. The van der Waals surface area contributed by atoms with Crippen molar-refractivity contribution in [1.29, 1.82) is 0 Å². The lowest BCUT2D eigenvalue weighted by atomic mass is 10.3. The van der Waals surface area contributed by atoms with E-state index in [-0.39, 0.29) is 0 Å². The molecule has 0 radical (unpaired) electrons. The van der Waals surface area contributed by atoms with Crippen LogP contribution in [0.1, 0.15) is 5.56 Å². The lowest BCUT2D eigenvalue weighted by molar-refractivity contribution is 0.305. The van der Waals surface area contributed by atoms with Gasteiger partial charge in [-0.1, -0.05) is 35.9 Å². The molecule has 0 amide bonds. The third-order valence-electron chi connectivity index (χ3n) is 3.00. The summed E-state index contributed by atoms with van der Waals surface area (Å²) in [7, 11) is 0. The summed E-state index contributed by atoms with van der Waals surface area (Å²) in [5, 5.41) is 0.478. The molecule has 0 aliphatic rings. The summed E-state index contributed by atoms with van der Waals surface area (Å²) in [5.41, 5.74) is 0.967. The van der Waals surface area contributed by atoms with Crippen LogP contribution < -0.4 is 9.47 Å². The van der Waals surface area contributed by atoms with Gasteiger partial charge in [0, 0.05) is 11.8 Å². The fraction of sp³-hybridized carbons (Fsp3) is 0.0556. The second-order valence-corrected chi connectivity index (χ2v) is 5.05. The minimum atomic E-state index is 0.447. The molecular weight excluding hydrogens is 298 g/mol. The van der Waals surface area contributed by atoms with Crippen LogP contribution in [-0.2, 0) is 6.61 Å². The quantitative estimate of drug-likeness (QED) is 0.614. The number of nitrogens with zero attached hydrogens (tertiary/aromatic N) is 1. The number of pyridine rings is 1. The highest BCUT2D eigenvalue weighted by Gasteiger charge is 2.00. The monoisotopic (exact) mass is 311 g/mol. The van der Waals surface area contributed by atoms with Crippen LogP contribution in [0, 0.1) is 0 Å². The number of rotatable bonds is 5. The van der Waals surface area contributed by atoms with E-state index < -0.39 is 0 Å². The molecule has 0 unspecified atom stereocenters. The third-order valence-corrected chi connectivity index (χ3v) is 3.22. The summed E-state index contributed by atoms with van der Waals surface area (Å²) in [4.78, 5) is 4.02. The van der Waals surface area contributed by atoms with Gasteiger partial charge in [0.25, 0.3) is 0 Å². The zero-order valence-corrected chi connectivity index (χ0v) is 12.5. The van der Waals surface area contributed by atoms with Crippen LogP contribution in [0.2, 0.25) is 5.15 Å². The fourth-order valence-corrected chi connectivity index (χ4v) is 2.00. The predicted octanol–water partition coefficient (Wildman–Crippen LogP) is 5.11. The molecule has 2 aromatic carbocycles. The molecule has 3 aromatic rings. The minimum absolute atomic E-state index is 0.447. The Balaban J connectivity index is 1.58. The zero-order valence-electron chi connectivity index (χ0n) is 11.8. The zero-order chi connectivity index (χ0) is 15.2. The Hall–Kier alpha value is -2.52. The normalized spacial score (nSPS) is 10.2. The number of para-hydroxylation sites is 1. The van der Waals surface area contributed by atoms with Crippen LogP contribution >= 0.6 is 11.6 Å². The van der Waals surface area contributed by atoms with Crippen molar-refractivity contribution < 1.29 is 9.47 Å². The Morgan fingerprint density at radius 1 is 0.773 bits per heavy atom. The molecule has 110 valence electrons. The maximum atomic E-state index is 5.75. The van der Waals surface area contributed by atoms with E-state index in [1.54, 1.807) is 12.3 Å². The Bertz CT molecular complexity index is 712. The smallest absolute Gasteiger partial charge is 0.129 e. The van der Waals surface area contributed by atoms with Crippen molar-refractivity contribution in [1.82, 2.24) is 4.98 Å². The molecule has 4 heteroatoms. The van der Waals surface area contributed by atoms with E-state index in [0.29, 0.717) is 11.8 Å². The van der Waals surface area contributed by atoms with Gasteiger partial charge in [0.05, 0.1) is 0 Å². The number of halogens is 1. The van der Waals surface area contributed by atoms with Crippen molar-refractivity contribution in [3.05, 3.63) is 83.6 Å². The Morgan fingerprint density at radius 2 is 1.45 bits per heavy atom. The van der Waals surface area contributed by atoms with Crippen LogP contribution in [-0.4, -0.2) is 4.98 Å². The average Bonchev–Trinajstić information content (AvgIpc) is 2.57. The number of aromatic nitrogens is 1. The SMILES string of the molecule is Clc1ccc(COc2ccc(Oc3ccccc3)cc2)cn1. The van der Waals surface area contributed by atoms with Gasteiger partial charge < -0.3 is 9.47 Å². The molecule has 22 heavy (non-hydrogen) atoms. The number of hydrogen-bond donors (Lipinski definition) is 0. The Kier molecular flexibility index (Phi) is 4.56. The predicted molar refractivity (Wildman–Crippen MR) is 86.5 cm³/mol. The molecule has 3 nitrogen and oxygen atoms in total. The largest absolute Gasteiger partial charge is 0.489 e. The van der Waals surface area contributed by atoms with Crippen LogP contribution in [0.3, 0.4) is 0 Å². The first-order valence-electron chi connectivity index (χ1n) is 6.86. The van der Waals surface area contributed by atoms with Gasteiger partial charge in [-0.15, -0.1) is 0 Å². The van der Waals surface area contributed by atoms with Crippen LogP contribution in [0.15, 0.2) is 72.9 Å². The molecule has 0 aliphatic carbocycles. The van der Waals surface area contributed by atoms with Gasteiger partial charge in [0.15, 0.2) is 0 Å². The lowest BCUT2D eigenvalue weighted by Gasteiger charge is -2.08. The van der Waals surface area contributed by atoms with E-state index in [1.807, 2.05) is 60.7 Å². The van der Waals surface area contributed by atoms with Gasteiger partial charge in [0.2, 0.25) is 0 Å². The van der Waals surface area contributed by atoms with E-state index >= 15 is 0 Å². The lowest BCUT2D eigenvalue weighted by Crippen LogP contribution is -1.96. The highest BCUT2D eigenvalue weighted by atomic mass is 35.5. The van der Waals surface area contributed by atoms with Gasteiger partial charge in [-0.2, -0.15) is 0 Å². The van der Waals surface area contributed by atoms with Crippen LogP contribution in [0.5, 0.6) is 17.2 Å². The maximum absolute atomic E-state index is 5.75. The summed E-state index contributed by atoms with van der Waals surface area (Å²) in [6, 6.07) is 20.8. The molecule has 0 saturated carbocycles. The van der Waals surface area contributed by atoms with E-state index in [1.165, 1.54) is 0 Å². The molecule has 0 bridgehead atoms. The number of ether oxygens (including phenoxy) is 2. The van der Waals surface area contributed by atoms with Gasteiger partial charge in [-0.3, -0.25) is 0 Å². The van der Waals surface area contributed by atoms with E-state index in [4.69, 9.17) is 21.1 Å². The van der Waals surface area contributed by atoms with Crippen molar-refractivity contribution in [2.75, 3.05) is 0 Å². The molecule has 0 fully saturated rings. The first-order valence-corrected chi connectivity index (χ1v) is 7.23. The molecule has 0 saturated heterocycles. The molecule has 3 rings (SSSR count). The minimum Gasteiger partial charge on any atom is -0.489 e. The highest BCUT2D eigenvalue weighted by molar-refractivity contribution is 6.29. The van der Waals surface area contributed by atoms with Crippen LogP contribution in [0.4, 0.5) is 0 Å². The summed E-state index contributed by atoms with van der Waals surface area (Å²) >= 11 is 5.75. The third kappa shape index (κ3) is 3.99. The first-order chi connectivity index (χ1) is 10.8. The van der Waals surface area contributed by atoms with Crippen LogP contribution in [0.25, 0.3) is 0 Å². The molecule has 1 heterocycles. The van der Waals surface area contributed by atoms with E-state index in [2.05, 4.69) is 4.98 Å². The number of hydrogen-bond acceptors (Lipinski definition) is 3. The highest BCUT2D eigenvalue weighted by Crippen LogP contribution is 2.23. The fourth-order valence-electron chi connectivity index (χ4n) is 1.89. The topological polar surface area (TPSA) is 31.4 Å².